The molecule has 2 rings (SSSR count). The molecule has 22 heavy (non-hydrogen) atoms. The second kappa shape index (κ2) is 7.17. The average Bonchev–Trinajstić information content (AvgIpc) is 2.56. The van der Waals surface area contributed by atoms with E-state index in [-0.39, 0.29) is 11.4 Å². The van der Waals surface area contributed by atoms with Gasteiger partial charge in [0.25, 0.3) is 5.69 Å². The summed E-state index contributed by atoms with van der Waals surface area (Å²) in [5, 5.41) is 23.9. The molecule has 8 heteroatoms. The van der Waals surface area contributed by atoms with Crippen LogP contribution in [0, 0.1) is 21.4 Å². The number of nitrogens with two attached hydrogens (primary N) is 1. The first-order valence-corrected chi connectivity index (χ1v) is 6.98. The minimum atomic E-state index is -0.492. The molecule has 0 unspecified atom stereocenters. The molecule has 0 bridgehead atoms. The van der Waals surface area contributed by atoms with Crippen LogP contribution in [-0.4, -0.2) is 34.1 Å². The second-order valence-electron chi connectivity index (χ2n) is 4.92. The van der Waals surface area contributed by atoms with Crippen LogP contribution < -0.4 is 11.2 Å². The van der Waals surface area contributed by atoms with Crippen LogP contribution in [0.1, 0.15) is 19.3 Å². The summed E-state index contributed by atoms with van der Waals surface area (Å²) in [6.45, 7) is 1.62. The fourth-order valence-electron chi connectivity index (χ4n) is 2.23. The van der Waals surface area contributed by atoms with E-state index in [0.29, 0.717) is 11.5 Å². The molecule has 0 spiro atoms. The fourth-order valence-corrected chi connectivity index (χ4v) is 2.23. The first kappa shape index (κ1) is 15.4. The zero-order valence-electron chi connectivity index (χ0n) is 12.0. The van der Waals surface area contributed by atoms with E-state index in [1.54, 1.807) is 12.1 Å². The quantitative estimate of drug-likeness (QED) is 0.286. The SMILES string of the molecule is N#C/C(=N\Nc1cccc([N+](=O)[O-])c1)C(N)=[N+]1CCCCC1. The highest BCUT2D eigenvalue weighted by Crippen LogP contribution is 2.16. The van der Waals surface area contributed by atoms with Crippen LogP contribution in [0.25, 0.3) is 0 Å². The van der Waals surface area contributed by atoms with Crippen LogP contribution in [0.15, 0.2) is 29.4 Å². The van der Waals surface area contributed by atoms with Gasteiger partial charge in [0, 0.05) is 12.1 Å². The second-order valence-corrected chi connectivity index (χ2v) is 4.92. The lowest BCUT2D eigenvalue weighted by Crippen LogP contribution is -2.38. The van der Waals surface area contributed by atoms with Crippen molar-refractivity contribution in [2.75, 3.05) is 18.5 Å². The number of nitro groups is 1. The number of non-ortho nitro benzene ring substituents is 1. The van der Waals surface area contributed by atoms with Gasteiger partial charge in [0.1, 0.15) is 6.07 Å². The molecular formula is C14H17N6O2+. The molecular weight excluding hydrogens is 284 g/mol. The number of nitrogens with zero attached hydrogens (tertiary/aromatic N) is 4. The van der Waals surface area contributed by atoms with E-state index in [1.165, 1.54) is 12.1 Å². The third kappa shape index (κ3) is 3.79. The van der Waals surface area contributed by atoms with Gasteiger partial charge in [0.05, 0.1) is 23.7 Å². The first-order valence-electron chi connectivity index (χ1n) is 6.98. The third-order valence-corrected chi connectivity index (χ3v) is 3.40. The van der Waals surface area contributed by atoms with Crippen molar-refractivity contribution in [1.29, 1.82) is 5.26 Å². The highest BCUT2D eigenvalue weighted by atomic mass is 16.6. The monoisotopic (exact) mass is 301 g/mol. The number of nitrogens with one attached hydrogen (secondary N) is 1. The molecule has 1 aliphatic heterocycles. The Morgan fingerprint density at radius 3 is 2.77 bits per heavy atom. The van der Waals surface area contributed by atoms with Crippen molar-refractivity contribution in [3.8, 4) is 6.07 Å². The summed E-state index contributed by atoms with van der Waals surface area (Å²) >= 11 is 0. The van der Waals surface area contributed by atoms with Gasteiger partial charge in [-0.05, 0) is 25.3 Å². The van der Waals surface area contributed by atoms with Crippen molar-refractivity contribution in [3.63, 3.8) is 0 Å². The van der Waals surface area contributed by atoms with E-state index < -0.39 is 4.92 Å². The van der Waals surface area contributed by atoms with Crippen molar-refractivity contribution >= 4 is 22.9 Å². The molecule has 0 amide bonds. The van der Waals surface area contributed by atoms with Crippen LogP contribution in [0.3, 0.4) is 0 Å². The Labute approximate surface area is 127 Å². The van der Waals surface area contributed by atoms with E-state index >= 15 is 0 Å². The van der Waals surface area contributed by atoms with E-state index in [1.807, 2.05) is 10.6 Å². The van der Waals surface area contributed by atoms with E-state index in [4.69, 9.17) is 5.73 Å². The van der Waals surface area contributed by atoms with Gasteiger partial charge in [-0.1, -0.05) is 6.07 Å². The summed E-state index contributed by atoms with van der Waals surface area (Å²) < 4.78 is 1.93. The highest BCUT2D eigenvalue weighted by Gasteiger charge is 2.18. The lowest BCUT2D eigenvalue weighted by molar-refractivity contribution is -0.536. The van der Waals surface area contributed by atoms with Crippen molar-refractivity contribution in [1.82, 2.24) is 0 Å². The lowest BCUT2D eigenvalue weighted by Gasteiger charge is -2.14. The van der Waals surface area contributed by atoms with Gasteiger partial charge in [-0.3, -0.25) is 25.8 Å². The molecule has 0 atom stereocenters. The number of nitriles is 1. The lowest BCUT2D eigenvalue weighted by atomic mass is 10.1. The summed E-state index contributed by atoms with van der Waals surface area (Å²) in [4.78, 5) is 10.2. The van der Waals surface area contributed by atoms with E-state index in [9.17, 15) is 15.4 Å². The van der Waals surface area contributed by atoms with Gasteiger partial charge >= 0.3 is 5.84 Å². The van der Waals surface area contributed by atoms with E-state index in [0.717, 1.165) is 32.4 Å². The molecule has 1 aromatic rings. The minimum absolute atomic E-state index is 0.0494. The maximum absolute atomic E-state index is 10.7. The smallest absolute Gasteiger partial charge is 0.285 e. The Bertz CT molecular complexity index is 666. The van der Waals surface area contributed by atoms with Gasteiger partial charge in [-0.25, -0.2) is 0 Å². The van der Waals surface area contributed by atoms with Crippen LogP contribution >= 0.6 is 0 Å². The number of rotatable bonds is 4. The van der Waals surface area contributed by atoms with Crippen LogP contribution in [0.2, 0.25) is 0 Å². The predicted octanol–water partition coefficient (Wildman–Crippen LogP) is 1.44. The van der Waals surface area contributed by atoms with Crippen molar-refractivity contribution in [2.45, 2.75) is 19.3 Å². The number of hydrogen-bond donors (Lipinski definition) is 2. The Hall–Kier alpha value is -2.95. The summed E-state index contributed by atoms with van der Waals surface area (Å²) in [6.07, 6.45) is 3.24. The largest absolute Gasteiger partial charge is 0.306 e. The number of hydrogen-bond acceptors (Lipinski definition) is 5. The molecule has 1 fully saturated rings. The molecule has 1 saturated heterocycles. The van der Waals surface area contributed by atoms with Crippen molar-refractivity contribution < 1.29 is 9.50 Å². The molecule has 0 radical (unpaired) electrons. The molecule has 0 aliphatic carbocycles. The van der Waals surface area contributed by atoms with Gasteiger partial charge in [-0.15, -0.1) is 0 Å². The fraction of sp³-hybridized carbons (Fsp3) is 0.357. The van der Waals surface area contributed by atoms with Crippen LogP contribution in [0.4, 0.5) is 11.4 Å². The molecule has 1 heterocycles. The summed E-state index contributed by atoms with van der Waals surface area (Å²) in [5.74, 6) is 0.333. The Balaban J connectivity index is 2.18. The zero-order chi connectivity index (χ0) is 15.9. The van der Waals surface area contributed by atoms with Gasteiger partial charge in [0.15, 0.2) is 0 Å². The number of amidine groups is 1. The van der Waals surface area contributed by atoms with Crippen LogP contribution in [-0.2, 0) is 0 Å². The molecule has 0 aromatic heterocycles. The molecule has 8 nitrogen and oxygen atoms in total. The molecule has 1 aliphatic rings. The summed E-state index contributed by atoms with van der Waals surface area (Å²) in [6, 6.07) is 7.85. The average molecular weight is 301 g/mol. The van der Waals surface area contributed by atoms with E-state index in [2.05, 4.69) is 10.5 Å². The number of benzene rings is 1. The molecule has 0 saturated carbocycles. The topological polar surface area (TPSA) is 120 Å². The number of piperidine rings is 1. The standard InChI is InChI=1S/C14H16N6O2/c15-10-13(14(16)19-7-2-1-3-8-19)18-17-11-5-4-6-12(9-11)20(21)22/h4-6,9H,1-3,7-8H2,(H2,16,17)/p+1. The first-order chi connectivity index (χ1) is 10.6. The number of nitro benzene ring substituents is 1. The van der Waals surface area contributed by atoms with Gasteiger partial charge in [0.2, 0.25) is 5.71 Å². The predicted molar refractivity (Wildman–Crippen MR) is 82.8 cm³/mol. The number of anilines is 1. The van der Waals surface area contributed by atoms with Crippen LogP contribution in [0.5, 0.6) is 0 Å². The number of hydrazone groups is 1. The maximum atomic E-state index is 10.7. The Morgan fingerprint density at radius 1 is 1.41 bits per heavy atom. The minimum Gasteiger partial charge on any atom is -0.285 e. The van der Waals surface area contributed by atoms with Gasteiger partial charge < -0.3 is 0 Å². The van der Waals surface area contributed by atoms with Crippen molar-refractivity contribution in [2.24, 2.45) is 10.8 Å². The Morgan fingerprint density at radius 2 is 2.14 bits per heavy atom. The summed E-state index contributed by atoms with van der Waals surface area (Å²) in [5.41, 5.74) is 9.08. The molecule has 1 aromatic carbocycles. The molecule has 3 N–H and O–H groups in total. The third-order valence-electron chi connectivity index (χ3n) is 3.40. The Kier molecular flexibility index (Phi) is 5.03. The molecule has 114 valence electrons. The van der Waals surface area contributed by atoms with Gasteiger partial charge in [-0.2, -0.15) is 10.4 Å². The highest BCUT2D eigenvalue weighted by molar-refractivity contribution is 6.45. The zero-order valence-corrected chi connectivity index (χ0v) is 12.0. The normalized spacial score (nSPS) is 15.0. The van der Waals surface area contributed by atoms with Crippen molar-refractivity contribution in [3.05, 3.63) is 34.4 Å². The maximum Gasteiger partial charge on any atom is 0.306 e. The summed E-state index contributed by atoms with van der Waals surface area (Å²) in [7, 11) is 0.